The van der Waals surface area contributed by atoms with Gasteiger partial charge < -0.3 is 10.6 Å². The van der Waals surface area contributed by atoms with Gasteiger partial charge in [0.15, 0.2) is 0 Å². The van der Waals surface area contributed by atoms with Crippen LogP contribution in [0.4, 0.5) is 0 Å². The quantitative estimate of drug-likeness (QED) is 0.790. The molecule has 0 bridgehead atoms. The fourth-order valence-corrected chi connectivity index (χ4v) is 3.17. The summed E-state index contributed by atoms with van der Waals surface area (Å²) in [5.41, 5.74) is 6.44. The van der Waals surface area contributed by atoms with Gasteiger partial charge in [0, 0.05) is 24.7 Å². The molecule has 2 fully saturated rings. The first-order chi connectivity index (χ1) is 8.07. The molecule has 2 rings (SSSR count). The smallest absolute Gasteiger partial charge is 0.0358 e. The average Bonchev–Trinajstić information content (AvgIpc) is 3.11. The van der Waals surface area contributed by atoms with Crippen molar-refractivity contribution in [1.82, 2.24) is 9.80 Å². The van der Waals surface area contributed by atoms with Gasteiger partial charge in [-0.05, 0) is 65.6 Å². The highest BCUT2D eigenvalue weighted by Crippen LogP contribution is 2.36. The van der Waals surface area contributed by atoms with Crippen LogP contribution in [0.2, 0.25) is 0 Å². The van der Waals surface area contributed by atoms with Gasteiger partial charge in [-0.2, -0.15) is 0 Å². The van der Waals surface area contributed by atoms with E-state index in [1.165, 1.54) is 45.3 Å². The van der Waals surface area contributed by atoms with Crippen molar-refractivity contribution in [2.75, 3.05) is 33.2 Å². The Hall–Kier alpha value is -0.120. The van der Waals surface area contributed by atoms with Crippen molar-refractivity contribution in [2.24, 2.45) is 11.7 Å². The average molecular weight is 239 g/mol. The number of nitrogens with zero attached hydrogens (tertiary/aromatic N) is 2. The summed E-state index contributed by atoms with van der Waals surface area (Å²) in [5, 5.41) is 0. The van der Waals surface area contributed by atoms with E-state index in [0.29, 0.717) is 6.04 Å². The molecule has 2 aliphatic rings. The third kappa shape index (κ3) is 3.01. The van der Waals surface area contributed by atoms with Crippen LogP contribution in [0.25, 0.3) is 0 Å². The van der Waals surface area contributed by atoms with Gasteiger partial charge >= 0.3 is 0 Å². The molecule has 3 heteroatoms. The van der Waals surface area contributed by atoms with Gasteiger partial charge in [-0.15, -0.1) is 0 Å². The summed E-state index contributed by atoms with van der Waals surface area (Å²) < 4.78 is 0. The Balaban J connectivity index is 2.06. The molecule has 0 unspecified atom stereocenters. The highest BCUT2D eigenvalue weighted by atomic mass is 15.3. The molecule has 1 heterocycles. The van der Waals surface area contributed by atoms with Gasteiger partial charge in [-0.3, -0.25) is 4.90 Å². The van der Waals surface area contributed by atoms with E-state index < -0.39 is 0 Å². The fraction of sp³-hybridized carbons (Fsp3) is 1.00. The molecule has 3 nitrogen and oxygen atoms in total. The van der Waals surface area contributed by atoms with Crippen molar-refractivity contribution < 1.29 is 0 Å². The molecule has 1 aliphatic heterocycles. The lowest BCUT2D eigenvalue weighted by molar-refractivity contribution is 0.00785. The van der Waals surface area contributed by atoms with Crippen molar-refractivity contribution in [3.63, 3.8) is 0 Å². The van der Waals surface area contributed by atoms with Crippen LogP contribution in [0.1, 0.15) is 39.5 Å². The molecule has 1 aliphatic carbocycles. The lowest BCUT2D eigenvalue weighted by Crippen LogP contribution is -2.61. The predicted octanol–water partition coefficient (Wildman–Crippen LogP) is 1.53. The lowest BCUT2D eigenvalue weighted by Gasteiger charge is -2.50. The zero-order chi connectivity index (χ0) is 12.5. The molecule has 0 spiro atoms. The Morgan fingerprint density at radius 3 is 2.29 bits per heavy atom. The van der Waals surface area contributed by atoms with Crippen LogP contribution in [-0.2, 0) is 0 Å². The van der Waals surface area contributed by atoms with Crippen molar-refractivity contribution >= 4 is 0 Å². The van der Waals surface area contributed by atoms with Gasteiger partial charge in [0.05, 0.1) is 0 Å². The Labute approximate surface area is 106 Å². The molecule has 0 radical (unpaired) electrons. The first-order valence-corrected chi connectivity index (χ1v) is 7.23. The summed E-state index contributed by atoms with van der Waals surface area (Å²) in [7, 11) is 2.22. The molecular formula is C14H29N3. The Kier molecular flexibility index (Phi) is 4.11. The number of hydrogen-bond acceptors (Lipinski definition) is 3. The largest absolute Gasteiger partial charge is 0.329 e. The van der Waals surface area contributed by atoms with Crippen LogP contribution < -0.4 is 5.73 Å². The Bertz CT molecular complexity index is 240. The molecule has 1 saturated heterocycles. The third-order valence-electron chi connectivity index (χ3n) is 4.68. The fourth-order valence-electron chi connectivity index (χ4n) is 3.17. The summed E-state index contributed by atoms with van der Waals surface area (Å²) in [6.07, 6.45) is 5.35. The van der Waals surface area contributed by atoms with Crippen LogP contribution in [0.3, 0.4) is 0 Å². The normalized spacial score (nSPS) is 25.8. The van der Waals surface area contributed by atoms with Gasteiger partial charge in [0.1, 0.15) is 0 Å². The van der Waals surface area contributed by atoms with E-state index in [-0.39, 0.29) is 5.54 Å². The van der Waals surface area contributed by atoms with E-state index >= 15 is 0 Å². The molecule has 1 saturated carbocycles. The molecule has 17 heavy (non-hydrogen) atoms. The van der Waals surface area contributed by atoms with Crippen molar-refractivity contribution in [3.8, 4) is 0 Å². The maximum atomic E-state index is 6.16. The van der Waals surface area contributed by atoms with Crippen LogP contribution in [0.15, 0.2) is 0 Å². The second-order valence-corrected chi connectivity index (χ2v) is 6.42. The second-order valence-electron chi connectivity index (χ2n) is 6.42. The molecule has 0 aromatic heterocycles. The maximum absolute atomic E-state index is 6.16. The molecule has 2 N–H and O–H groups in total. The van der Waals surface area contributed by atoms with Gasteiger partial charge in [0.2, 0.25) is 0 Å². The molecule has 0 amide bonds. The van der Waals surface area contributed by atoms with Crippen LogP contribution >= 0.6 is 0 Å². The van der Waals surface area contributed by atoms with Crippen molar-refractivity contribution in [2.45, 2.75) is 51.1 Å². The second kappa shape index (κ2) is 5.25. The van der Waals surface area contributed by atoms with E-state index in [2.05, 4.69) is 30.7 Å². The van der Waals surface area contributed by atoms with Crippen molar-refractivity contribution in [1.29, 1.82) is 0 Å². The van der Waals surface area contributed by atoms with Gasteiger partial charge in [-0.25, -0.2) is 0 Å². The molecule has 0 aromatic rings. The SMILES string of the molecule is CC(C)N(CC1CC1)C1(CN)CCN(C)CC1. The summed E-state index contributed by atoms with van der Waals surface area (Å²) in [6.45, 7) is 9.16. The number of piperidine rings is 1. The van der Waals surface area contributed by atoms with Crippen LogP contribution in [-0.4, -0.2) is 54.6 Å². The standard InChI is InChI=1S/C14H29N3/c1-12(2)17(10-13-4-5-13)14(11-15)6-8-16(3)9-7-14/h12-13H,4-11,15H2,1-3H3. The third-order valence-corrected chi connectivity index (χ3v) is 4.68. The van der Waals surface area contributed by atoms with E-state index in [4.69, 9.17) is 5.73 Å². The predicted molar refractivity (Wildman–Crippen MR) is 73.1 cm³/mol. The highest BCUT2D eigenvalue weighted by molar-refractivity contribution is 4.98. The zero-order valence-corrected chi connectivity index (χ0v) is 11.8. The minimum atomic E-state index is 0.281. The van der Waals surface area contributed by atoms with E-state index in [1.54, 1.807) is 0 Å². The maximum Gasteiger partial charge on any atom is 0.0358 e. The molecule has 0 atom stereocenters. The number of likely N-dealkylation sites (tertiary alicyclic amines) is 1. The lowest BCUT2D eigenvalue weighted by atomic mass is 9.84. The van der Waals surface area contributed by atoms with Gasteiger partial charge in [0.25, 0.3) is 0 Å². The monoisotopic (exact) mass is 239 g/mol. The minimum Gasteiger partial charge on any atom is -0.329 e. The summed E-state index contributed by atoms with van der Waals surface area (Å²) in [5.74, 6) is 0.959. The number of hydrogen-bond donors (Lipinski definition) is 1. The topological polar surface area (TPSA) is 32.5 Å². The van der Waals surface area contributed by atoms with Gasteiger partial charge in [-0.1, -0.05) is 0 Å². The Morgan fingerprint density at radius 2 is 1.88 bits per heavy atom. The first kappa shape index (κ1) is 13.3. The van der Waals surface area contributed by atoms with Crippen LogP contribution in [0, 0.1) is 5.92 Å². The van der Waals surface area contributed by atoms with Crippen LogP contribution in [0.5, 0.6) is 0 Å². The number of rotatable bonds is 5. The van der Waals surface area contributed by atoms with E-state index in [0.717, 1.165) is 12.5 Å². The first-order valence-electron chi connectivity index (χ1n) is 7.23. The summed E-state index contributed by atoms with van der Waals surface area (Å²) >= 11 is 0. The summed E-state index contributed by atoms with van der Waals surface area (Å²) in [6, 6.07) is 0.627. The molecular weight excluding hydrogens is 210 g/mol. The van der Waals surface area contributed by atoms with E-state index in [9.17, 15) is 0 Å². The number of nitrogens with two attached hydrogens (primary N) is 1. The highest BCUT2D eigenvalue weighted by Gasteiger charge is 2.41. The molecule has 100 valence electrons. The van der Waals surface area contributed by atoms with E-state index in [1.807, 2.05) is 0 Å². The molecule has 0 aromatic carbocycles. The Morgan fingerprint density at radius 1 is 1.29 bits per heavy atom. The van der Waals surface area contributed by atoms with Crippen molar-refractivity contribution in [3.05, 3.63) is 0 Å². The summed E-state index contributed by atoms with van der Waals surface area (Å²) in [4.78, 5) is 5.15. The zero-order valence-electron chi connectivity index (χ0n) is 11.8. The minimum absolute atomic E-state index is 0.281.